The maximum absolute atomic E-state index is 12.4. The predicted octanol–water partition coefficient (Wildman–Crippen LogP) is 3.28. The predicted molar refractivity (Wildman–Crippen MR) is 100 cm³/mol. The number of nitrogens with zero attached hydrogens (tertiary/aromatic N) is 2. The summed E-state index contributed by atoms with van der Waals surface area (Å²) in [6.07, 6.45) is 0. The van der Waals surface area contributed by atoms with Gasteiger partial charge < -0.3 is 15.2 Å². The number of benzene rings is 1. The molecule has 8 heteroatoms. The van der Waals surface area contributed by atoms with Gasteiger partial charge in [0, 0.05) is 10.9 Å². The van der Waals surface area contributed by atoms with Gasteiger partial charge in [-0.1, -0.05) is 24.3 Å². The molecule has 3 aromatic rings. The molecular weight excluding hydrogens is 366 g/mol. The SMILES string of the molecule is CCOC(=O)c1sc(N)c(C#N)c1COC(=O)c1ccc2ccccc2n1. The molecule has 2 aromatic heterocycles. The third-order valence-corrected chi connectivity index (χ3v) is 4.80. The Morgan fingerprint density at radius 1 is 1.19 bits per heavy atom. The minimum Gasteiger partial charge on any atom is -0.462 e. The Morgan fingerprint density at radius 3 is 2.70 bits per heavy atom. The molecule has 0 radical (unpaired) electrons. The van der Waals surface area contributed by atoms with E-state index in [9.17, 15) is 14.9 Å². The highest BCUT2D eigenvalue weighted by atomic mass is 32.1. The summed E-state index contributed by atoms with van der Waals surface area (Å²) >= 11 is 0.937. The molecule has 0 aliphatic rings. The van der Waals surface area contributed by atoms with E-state index in [0.717, 1.165) is 16.7 Å². The van der Waals surface area contributed by atoms with Crippen LogP contribution in [0.5, 0.6) is 0 Å². The number of esters is 2. The fraction of sp³-hybridized carbons (Fsp3) is 0.158. The number of fused-ring (bicyclic) bond motifs is 1. The largest absolute Gasteiger partial charge is 0.462 e. The molecule has 0 aliphatic carbocycles. The van der Waals surface area contributed by atoms with Crippen molar-refractivity contribution in [3.05, 3.63) is 58.1 Å². The van der Waals surface area contributed by atoms with Crippen LogP contribution in [0.4, 0.5) is 5.00 Å². The molecule has 0 saturated heterocycles. The first kappa shape index (κ1) is 18.4. The smallest absolute Gasteiger partial charge is 0.357 e. The average molecular weight is 381 g/mol. The van der Waals surface area contributed by atoms with Crippen LogP contribution >= 0.6 is 11.3 Å². The summed E-state index contributed by atoms with van der Waals surface area (Å²) < 4.78 is 10.3. The number of anilines is 1. The Bertz CT molecular complexity index is 1070. The lowest BCUT2D eigenvalue weighted by atomic mass is 10.1. The molecule has 27 heavy (non-hydrogen) atoms. The zero-order chi connectivity index (χ0) is 19.4. The summed E-state index contributed by atoms with van der Waals surface area (Å²) in [5.74, 6) is -1.27. The maximum atomic E-state index is 12.4. The van der Waals surface area contributed by atoms with Crippen molar-refractivity contribution in [2.45, 2.75) is 13.5 Å². The minimum absolute atomic E-state index is 0.113. The third-order valence-electron chi connectivity index (χ3n) is 3.76. The third kappa shape index (κ3) is 3.73. The van der Waals surface area contributed by atoms with Gasteiger partial charge in [0.25, 0.3) is 0 Å². The van der Waals surface area contributed by atoms with Crippen LogP contribution in [-0.4, -0.2) is 23.5 Å². The number of aromatic nitrogens is 1. The van der Waals surface area contributed by atoms with Gasteiger partial charge in [0.15, 0.2) is 0 Å². The molecule has 0 amide bonds. The zero-order valence-corrected chi connectivity index (χ0v) is 15.2. The van der Waals surface area contributed by atoms with Crippen molar-refractivity contribution in [3.63, 3.8) is 0 Å². The Balaban J connectivity index is 1.84. The van der Waals surface area contributed by atoms with E-state index >= 15 is 0 Å². The lowest BCUT2D eigenvalue weighted by molar-refractivity contribution is 0.0447. The van der Waals surface area contributed by atoms with Crippen molar-refractivity contribution in [1.29, 1.82) is 5.26 Å². The molecule has 1 aromatic carbocycles. The zero-order valence-electron chi connectivity index (χ0n) is 14.4. The molecule has 7 nitrogen and oxygen atoms in total. The number of pyridine rings is 1. The topological polar surface area (TPSA) is 115 Å². The van der Waals surface area contributed by atoms with Crippen LogP contribution in [0.25, 0.3) is 10.9 Å². The van der Waals surface area contributed by atoms with E-state index in [1.807, 2.05) is 24.3 Å². The van der Waals surface area contributed by atoms with Gasteiger partial charge in [-0.05, 0) is 19.1 Å². The molecule has 0 atom stereocenters. The number of nitrogens with two attached hydrogens (primary N) is 1. The maximum Gasteiger partial charge on any atom is 0.357 e. The molecule has 0 unspecified atom stereocenters. The van der Waals surface area contributed by atoms with Gasteiger partial charge in [0.2, 0.25) is 0 Å². The molecular formula is C19H15N3O4S. The first-order valence-electron chi connectivity index (χ1n) is 8.06. The van der Waals surface area contributed by atoms with E-state index in [4.69, 9.17) is 15.2 Å². The Morgan fingerprint density at radius 2 is 1.96 bits per heavy atom. The van der Waals surface area contributed by atoms with Crippen molar-refractivity contribution in [3.8, 4) is 6.07 Å². The number of carbonyl (C=O) groups is 2. The highest BCUT2D eigenvalue weighted by molar-refractivity contribution is 7.18. The van der Waals surface area contributed by atoms with Crippen LogP contribution in [-0.2, 0) is 16.1 Å². The molecule has 3 rings (SSSR count). The van der Waals surface area contributed by atoms with Gasteiger partial charge in [0.1, 0.15) is 28.2 Å². The minimum atomic E-state index is -0.663. The summed E-state index contributed by atoms with van der Waals surface area (Å²) in [6.45, 7) is 1.57. The highest BCUT2D eigenvalue weighted by Crippen LogP contribution is 2.32. The van der Waals surface area contributed by atoms with Crippen LogP contribution < -0.4 is 5.73 Å². The van der Waals surface area contributed by atoms with Crippen LogP contribution in [0, 0.1) is 11.3 Å². The molecule has 2 N–H and O–H groups in total. The first-order chi connectivity index (χ1) is 13.0. The van der Waals surface area contributed by atoms with Crippen molar-refractivity contribution in [2.75, 3.05) is 12.3 Å². The molecule has 0 fully saturated rings. The second-order valence-electron chi connectivity index (χ2n) is 5.45. The van der Waals surface area contributed by atoms with Crippen LogP contribution in [0.1, 0.15) is 38.2 Å². The number of rotatable bonds is 5. The van der Waals surface area contributed by atoms with E-state index in [1.54, 1.807) is 25.1 Å². The molecule has 0 saturated carbocycles. The number of nitriles is 1. The van der Waals surface area contributed by atoms with Crippen molar-refractivity contribution in [2.24, 2.45) is 0 Å². The summed E-state index contributed by atoms with van der Waals surface area (Å²) in [5, 5.41) is 10.4. The van der Waals surface area contributed by atoms with Gasteiger partial charge in [0.05, 0.1) is 17.7 Å². The normalized spacial score (nSPS) is 10.4. The van der Waals surface area contributed by atoms with Crippen LogP contribution in [0.2, 0.25) is 0 Å². The summed E-state index contributed by atoms with van der Waals surface area (Å²) in [4.78, 5) is 28.9. The van der Waals surface area contributed by atoms with E-state index in [1.165, 1.54) is 0 Å². The van der Waals surface area contributed by atoms with Gasteiger partial charge in [-0.2, -0.15) is 5.26 Å². The number of para-hydroxylation sites is 1. The van der Waals surface area contributed by atoms with Crippen LogP contribution in [0.15, 0.2) is 36.4 Å². The number of hydrogen-bond donors (Lipinski definition) is 1. The number of ether oxygens (including phenoxy) is 2. The quantitative estimate of drug-likeness (QED) is 0.674. The van der Waals surface area contributed by atoms with Gasteiger partial charge >= 0.3 is 11.9 Å². The molecule has 0 spiro atoms. The first-order valence-corrected chi connectivity index (χ1v) is 8.88. The monoisotopic (exact) mass is 381 g/mol. The summed E-state index contributed by atoms with van der Waals surface area (Å²) in [7, 11) is 0. The molecule has 0 aliphatic heterocycles. The van der Waals surface area contributed by atoms with E-state index in [2.05, 4.69) is 4.98 Å². The van der Waals surface area contributed by atoms with Crippen LogP contribution in [0.3, 0.4) is 0 Å². The average Bonchev–Trinajstić information content (AvgIpc) is 3.01. The second kappa shape index (κ2) is 7.85. The summed E-state index contributed by atoms with van der Waals surface area (Å²) in [6, 6.07) is 12.6. The standard InChI is InChI=1S/C19H15N3O4S/c1-2-25-19(24)16-13(12(9-20)17(21)27-16)10-26-18(23)15-8-7-11-5-3-4-6-14(11)22-15/h3-8H,2,10,21H2,1H3. The highest BCUT2D eigenvalue weighted by Gasteiger charge is 2.24. The van der Waals surface area contributed by atoms with Gasteiger partial charge in [-0.25, -0.2) is 14.6 Å². The van der Waals surface area contributed by atoms with Crippen molar-refractivity contribution in [1.82, 2.24) is 4.98 Å². The van der Waals surface area contributed by atoms with Crippen molar-refractivity contribution >= 4 is 39.2 Å². The van der Waals surface area contributed by atoms with Crippen molar-refractivity contribution < 1.29 is 19.1 Å². The number of carbonyl (C=O) groups excluding carboxylic acids is 2. The van der Waals surface area contributed by atoms with E-state index in [-0.39, 0.29) is 39.9 Å². The number of nitrogen functional groups attached to an aromatic ring is 1. The summed E-state index contributed by atoms with van der Waals surface area (Å²) in [5.41, 5.74) is 6.95. The van der Waals surface area contributed by atoms with E-state index in [0.29, 0.717) is 5.52 Å². The molecule has 0 bridgehead atoms. The van der Waals surface area contributed by atoms with E-state index < -0.39 is 11.9 Å². The van der Waals surface area contributed by atoms with Gasteiger partial charge in [-0.15, -0.1) is 11.3 Å². The fourth-order valence-electron chi connectivity index (χ4n) is 2.50. The van der Waals surface area contributed by atoms with Gasteiger partial charge in [-0.3, -0.25) is 0 Å². The molecule has 2 heterocycles. The Labute approximate surface area is 159 Å². The fourth-order valence-corrected chi connectivity index (χ4v) is 3.42. The Kier molecular flexibility index (Phi) is 5.33. The second-order valence-corrected chi connectivity index (χ2v) is 6.50. The lowest BCUT2D eigenvalue weighted by Crippen LogP contribution is -2.11. The Hall–Kier alpha value is -3.44. The number of thiophene rings is 1. The number of hydrogen-bond acceptors (Lipinski definition) is 8. The lowest BCUT2D eigenvalue weighted by Gasteiger charge is -2.07. The molecule has 136 valence electrons.